The molecule has 0 bridgehead atoms. The molecule has 16 heteroatoms. The van der Waals surface area contributed by atoms with E-state index < -0.39 is 46.6 Å². The molecule has 0 fully saturated rings. The Morgan fingerprint density at radius 2 is 1.54 bits per heavy atom. The van der Waals surface area contributed by atoms with Crippen LogP contribution in [0.2, 0.25) is 5.02 Å². The van der Waals surface area contributed by atoms with E-state index in [9.17, 15) is 43.2 Å². The molecule has 0 aliphatic heterocycles. The van der Waals surface area contributed by atoms with Crippen LogP contribution in [0, 0.1) is 0 Å². The molecule has 0 atom stereocenters. The zero-order valence-electron chi connectivity index (χ0n) is 12.7. The Bertz CT molecular complexity index is 1300. The fourth-order valence-corrected chi connectivity index (χ4v) is 5.35. The lowest BCUT2D eigenvalue weighted by molar-refractivity contribution is -0.0499. The maximum absolute atomic E-state index is 13.1. The van der Waals surface area contributed by atoms with Crippen LogP contribution in [0.15, 0.2) is 24.3 Å². The Labute approximate surface area is 161 Å². The normalized spacial score (nSPS) is 14.1. The zero-order chi connectivity index (χ0) is 21.3. The minimum atomic E-state index is -6.10. The van der Waals surface area contributed by atoms with Crippen molar-refractivity contribution >= 4 is 64.2 Å². The van der Waals surface area contributed by atoms with Gasteiger partial charge in [0.2, 0.25) is 0 Å². The summed E-state index contributed by atoms with van der Waals surface area (Å²) in [4.78, 5) is -0.693. The van der Waals surface area contributed by atoms with Crippen molar-refractivity contribution in [3.8, 4) is 5.06 Å². The molecule has 28 heavy (non-hydrogen) atoms. The first-order chi connectivity index (χ1) is 12.6. The number of fused-ring (bicyclic) bond motifs is 3. The first-order valence-electron chi connectivity index (χ1n) is 6.62. The Kier molecular flexibility index (Phi) is 4.61. The monoisotopic (exact) mass is 487 g/mol. The van der Waals surface area contributed by atoms with E-state index >= 15 is 0 Å². The van der Waals surface area contributed by atoms with Crippen molar-refractivity contribution in [2.45, 2.75) is 11.0 Å². The molecular weight excluding hydrogens is 484 g/mol. The highest BCUT2D eigenvalue weighted by atomic mass is 35.5. The van der Waals surface area contributed by atoms with E-state index in [0.29, 0.717) is 6.07 Å². The van der Waals surface area contributed by atoms with Crippen molar-refractivity contribution in [1.29, 1.82) is 0 Å². The summed E-state index contributed by atoms with van der Waals surface area (Å²) in [6.45, 7) is 0. The highest BCUT2D eigenvalue weighted by Gasteiger charge is 2.50. The third kappa shape index (κ3) is 3.19. The predicted octanol–water partition coefficient (Wildman–Crippen LogP) is 4.44. The first kappa shape index (κ1) is 21.0. The molecular formula is C12H4ClF6NO5S3. The summed E-state index contributed by atoms with van der Waals surface area (Å²) in [5.74, 6) is 0. The number of rotatable bonds is 3. The van der Waals surface area contributed by atoms with Gasteiger partial charge in [-0.05, 0) is 12.1 Å². The maximum Gasteiger partial charge on any atom is 0.534 e. The summed E-state index contributed by atoms with van der Waals surface area (Å²) in [5.41, 5.74) is -12.0. The van der Waals surface area contributed by atoms with Crippen LogP contribution in [-0.2, 0) is 20.1 Å². The quantitative estimate of drug-likeness (QED) is 0.310. The highest BCUT2D eigenvalue weighted by Crippen LogP contribution is 2.43. The van der Waals surface area contributed by atoms with Crippen LogP contribution < -0.4 is 4.18 Å². The molecule has 154 valence electrons. The van der Waals surface area contributed by atoms with Crippen molar-refractivity contribution in [2.75, 3.05) is 0 Å². The average Bonchev–Trinajstić information content (AvgIpc) is 2.99. The van der Waals surface area contributed by atoms with Gasteiger partial charge in [-0.15, -0.1) is 0 Å². The van der Waals surface area contributed by atoms with Crippen LogP contribution in [0.25, 0.3) is 21.1 Å². The van der Waals surface area contributed by atoms with E-state index in [1.807, 2.05) is 0 Å². The second kappa shape index (κ2) is 6.14. The van der Waals surface area contributed by atoms with Gasteiger partial charge in [0.25, 0.3) is 0 Å². The first-order valence-corrected chi connectivity index (χ1v) is 10.7. The number of thiophene rings is 1. The topological polar surface area (TPSA) is 82.4 Å². The molecule has 0 amide bonds. The lowest BCUT2D eigenvalue weighted by atomic mass is 10.2. The third-order valence-electron chi connectivity index (χ3n) is 3.35. The van der Waals surface area contributed by atoms with Crippen LogP contribution >= 0.6 is 22.9 Å². The molecule has 0 radical (unpaired) electrons. The largest absolute Gasteiger partial charge is 0.534 e. The van der Waals surface area contributed by atoms with Gasteiger partial charge in [-0.25, -0.2) is 3.97 Å². The Hall–Kier alpha value is -1.71. The van der Waals surface area contributed by atoms with Crippen molar-refractivity contribution in [1.82, 2.24) is 3.97 Å². The number of alkyl halides is 6. The molecule has 6 nitrogen and oxygen atoms in total. The second-order valence-electron chi connectivity index (χ2n) is 5.14. The standard InChI is InChI=1S/C12H4ClF6NO5S3/c13-5-1-2-6-7-4-9(25-28(23,24)12(17,18)19)26-10(7)20(8(6)3-5)27(21,22)11(14,15)16/h1-4H. The van der Waals surface area contributed by atoms with Gasteiger partial charge in [0, 0.05) is 21.9 Å². The number of halogens is 7. The van der Waals surface area contributed by atoms with Crippen molar-refractivity contribution in [3.05, 3.63) is 29.3 Å². The van der Waals surface area contributed by atoms with Crippen LogP contribution in [0.5, 0.6) is 5.06 Å². The van der Waals surface area contributed by atoms with Gasteiger partial charge < -0.3 is 4.18 Å². The number of nitrogens with zero attached hydrogens (tertiary/aromatic N) is 1. The summed E-state index contributed by atoms with van der Waals surface area (Å²) in [7, 11) is -12.1. The molecule has 1 aromatic carbocycles. The number of hydrogen-bond donors (Lipinski definition) is 0. The Balaban J connectivity index is 2.35. The van der Waals surface area contributed by atoms with Gasteiger partial charge in [-0.1, -0.05) is 29.0 Å². The van der Waals surface area contributed by atoms with Crippen molar-refractivity contribution < 1.29 is 47.4 Å². The fourth-order valence-electron chi connectivity index (χ4n) is 2.25. The van der Waals surface area contributed by atoms with Crippen LogP contribution in [0.4, 0.5) is 26.3 Å². The Morgan fingerprint density at radius 3 is 2.07 bits per heavy atom. The summed E-state index contributed by atoms with van der Waals surface area (Å²) in [5, 5.41) is -1.46. The summed E-state index contributed by atoms with van der Waals surface area (Å²) in [6.07, 6.45) is 0. The molecule has 3 aromatic rings. The van der Waals surface area contributed by atoms with E-state index in [1.165, 1.54) is 6.07 Å². The van der Waals surface area contributed by atoms with Gasteiger partial charge in [0.05, 0.1) is 5.52 Å². The molecule has 2 aromatic heterocycles. The fraction of sp³-hybridized carbons (Fsp3) is 0.167. The van der Waals surface area contributed by atoms with E-state index in [1.54, 1.807) is 0 Å². The molecule has 3 rings (SSSR count). The lowest BCUT2D eigenvalue weighted by Crippen LogP contribution is -2.29. The summed E-state index contributed by atoms with van der Waals surface area (Å²) >= 11 is 5.68. The number of benzene rings is 1. The van der Waals surface area contributed by atoms with E-state index in [0.717, 1.165) is 12.1 Å². The molecule has 2 heterocycles. The van der Waals surface area contributed by atoms with E-state index in [-0.39, 0.29) is 31.1 Å². The average molecular weight is 488 g/mol. The highest BCUT2D eigenvalue weighted by molar-refractivity contribution is 7.91. The Morgan fingerprint density at radius 1 is 0.929 bits per heavy atom. The minimum absolute atomic E-state index is 0.0192. The van der Waals surface area contributed by atoms with Crippen LogP contribution in [-0.4, -0.2) is 31.8 Å². The summed E-state index contributed by atoms with van der Waals surface area (Å²) in [6, 6.07) is 3.96. The third-order valence-corrected chi connectivity index (χ3v) is 7.22. The maximum atomic E-state index is 13.1. The number of hydrogen-bond acceptors (Lipinski definition) is 6. The van der Waals surface area contributed by atoms with Crippen molar-refractivity contribution in [2.24, 2.45) is 0 Å². The van der Waals surface area contributed by atoms with Gasteiger partial charge in [0.1, 0.15) is 4.83 Å². The molecule has 0 unspecified atom stereocenters. The van der Waals surface area contributed by atoms with E-state index in [4.69, 9.17) is 11.6 Å². The molecule has 0 aliphatic rings. The molecule has 0 saturated carbocycles. The molecule has 0 N–H and O–H groups in total. The smallest absolute Gasteiger partial charge is 0.365 e. The minimum Gasteiger partial charge on any atom is -0.365 e. The van der Waals surface area contributed by atoms with E-state index in [2.05, 4.69) is 4.18 Å². The van der Waals surface area contributed by atoms with Crippen LogP contribution in [0.1, 0.15) is 0 Å². The van der Waals surface area contributed by atoms with Gasteiger partial charge in [-0.3, -0.25) is 0 Å². The molecule has 0 aliphatic carbocycles. The lowest BCUT2D eigenvalue weighted by Gasteiger charge is -2.11. The van der Waals surface area contributed by atoms with Gasteiger partial charge in [0.15, 0.2) is 5.06 Å². The van der Waals surface area contributed by atoms with Crippen molar-refractivity contribution in [3.63, 3.8) is 0 Å². The predicted molar refractivity (Wildman–Crippen MR) is 88.3 cm³/mol. The summed E-state index contributed by atoms with van der Waals surface area (Å²) < 4.78 is 126. The SMILES string of the molecule is O=S(=O)(Oc1cc2c3ccc(Cl)cc3n(S(=O)(=O)C(F)(F)F)c2s1)C(F)(F)F. The molecule has 0 spiro atoms. The second-order valence-corrected chi connectivity index (χ2v) is 9.89. The molecule has 0 saturated heterocycles. The van der Waals surface area contributed by atoms with Gasteiger partial charge >= 0.3 is 31.2 Å². The number of aromatic nitrogens is 1. The zero-order valence-corrected chi connectivity index (χ0v) is 15.9. The van der Waals surface area contributed by atoms with Crippen LogP contribution in [0.3, 0.4) is 0 Å². The van der Waals surface area contributed by atoms with Gasteiger partial charge in [-0.2, -0.15) is 43.2 Å².